The van der Waals surface area contributed by atoms with Gasteiger partial charge >= 0.3 is 7.12 Å². The van der Waals surface area contributed by atoms with E-state index in [9.17, 15) is 10.0 Å². The van der Waals surface area contributed by atoms with Crippen LogP contribution in [0.2, 0.25) is 0 Å². The zero-order chi connectivity index (χ0) is 15.1. The van der Waals surface area contributed by atoms with E-state index in [1.807, 2.05) is 41.4 Å². The van der Waals surface area contributed by atoms with Gasteiger partial charge in [-0.1, -0.05) is 36.4 Å². The third-order valence-electron chi connectivity index (χ3n) is 3.34. The number of anilines is 1. The minimum atomic E-state index is -1.46. The molecule has 0 aliphatic heterocycles. The fourth-order valence-corrected chi connectivity index (χ4v) is 2.18. The first-order valence-electron chi connectivity index (χ1n) is 7.14. The van der Waals surface area contributed by atoms with Gasteiger partial charge in [0.05, 0.1) is 0 Å². The Balaban J connectivity index is 2.31. The van der Waals surface area contributed by atoms with Crippen LogP contribution >= 0.6 is 0 Å². The molecule has 0 aromatic heterocycles. The number of allylic oxidation sites excluding steroid dienone is 6. The average molecular weight is 281 g/mol. The first-order valence-corrected chi connectivity index (χ1v) is 7.14. The summed E-state index contributed by atoms with van der Waals surface area (Å²) >= 11 is 0. The van der Waals surface area contributed by atoms with E-state index in [-0.39, 0.29) is 0 Å². The molecular weight excluding hydrogens is 261 g/mol. The summed E-state index contributed by atoms with van der Waals surface area (Å²) in [6.07, 6.45) is 13.8. The van der Waals surface area contributed by atoms with Gasteiger partial charge in [-0.2, -0.15) is 0 Å². The van der Waals surface area contributed by atoms with Crippen LogP contribution in [0.25, 0.3) is 0 Å². The zero-order valence-electron chi connectivity index (χ0n) is 12.2. The van der Waals surface area contributed by atoms with Crippen LogP contribution in [0.4, 0.5) is 5.69 Å². The highest BCUT2D eigenvalue weighted by molar-refractivity contribution is 6.51. The number of para-hydroxylation sites is 1. The second kappa shape index (κ2) is 7.67. The molecule has 0 spiro atoms. The second-order valence-corrected chi connectivity index (χ2v) is 4.79. The lowest BCUT2D eigenvalue weighted by atomic mass is 9.79. The Morgan fingerprint density at radius 3 is 2.52 bits per heavy atom. The Morgan fingerprint density at radius 2 is 1.95 bits per heavy atom. The Kier molecular flexibility index (Phi) is 5.61. The zero-order valence-corrected chi connectivity index (χ0v) is 12.2. The van der Waals surface area contributed by atoms with Crippen molar-refractivity contribution >= 4 is 12.8 Å². The van der Waals surface area contributed by atoms with Crippen LogP contribution in [0.1, 0.15) is 19.8 Å². The molecule has 108 valence electrons. The monoisotopic (exact) mass is 281 g/mol. The lowest BCUT2D eigenvalue weighted by Gasteiger charge is -2.23. The van der Waals surface area contributed by atoms with E-state index < -0.39 is 7.12 Å². The summed E-state index contributed by atoms with van der Waals surface area (Å²) in [6, 6.07) is 10.0. The van der Waals surface area contributed by atoms with Crippen molar-refractivity contribution in [3.63, 3.8) is 0 Å². The van der Waals surface area contributed by atoms with Gasteiger partial charge in [-0.15, -0.1) is 0 Å². The summed E-state index contributed by atoms with van der Waals surface area (Å²) in [7, 11) is -1.46. The molecule has 0 heterocycles. The third kappa shape index (κ3) is 4.21. The predicted octanol–water partition coefficient (Wildman–Crippen LogP) is 3.20. The third-order valence-corrected chi connectivity index (χ3v) is 3.34. The number of hydrogen-bond donors (Lipinski definition) is 2. The molecule has 4 heteroatoms. The maximum atomic E-state index is 9.29. The van der Waals surface area contributed by atoms with Gasteiger partial charge in [0.25, 0.3) is 0 Å². The molecule has 2 rings (SSSR count). The SMILES string of the molecule is C/C=C(\C=C\N(C1=CCCC=C1)c1ccccc1)B(O)O. The summed E-state index contributed by atoms with van der Waals surface area (Å²) in [5.41, 5.74) is 2.59. The van der Waals surface area contributed by atoms with Crippen LogP contribution in [0.3, 0.4) is 0 Å². The average Bonchev–Trinajstić information content (AvgIpc) is 2.53. The second-order valence-electron chi connectivity index (χ2n) is 4.79. The number of hydrogen-bond acceptors (Lipinski definition) is 3. The highest BCUT2D eigenvalue weighted by Crippen LogP contribution is 2.23. The lowest BCUT2D eigenvalue weighted by molar-refractivity contribution is 0.420. The van der Waals surface area contributed by atoms with Crippen LogP contribution < -0.4 is 4.90 Å². The largest absolute Gasteiger partial charge is 0.488 e. The molecule has 1 aliphatic rings. The summed E-state index contributed by atoms with van der Waals surface area (Å²) < 4.78 is 0. The van der Waals surface area contributed by atoms with Crippen molar-refractivity contribution in [2.75, 3.05) is 4.90 Å². The van der Waals surface area contributed by atoms with Crippen molar-refractivity contribution in [1.82, 2.24) is 0 Å². The van der Waals surface area contributed by atoms with Gasteiger partial charge in [-0.3, -0.25) is 0 Å². The van der Waals surface area contributed by atoms with Gasteiger partial charge in [0.1, 0.15) is 0 Å². The molecule has 1 aromatic carbocycles. The molecule has 0 atom stereocenters. The molecule has 0 saturated heterocycles. The van der Waals surface area contributed by atoms with Gasteiger partial charge in [0.15, 0.2) is 0 Å². The van der Waals surface area contributed by atoms with Crippen LogP contribution in [-0.4, -0.2) is 17.2 Å². The van der Waals surface area contributed by atoms with E-state index in [2.05, 4.69) is 18.2 Å². The van der Waals surface area contributed by atoms with E-state index >= 15 is 0 Å². The van der Waals surface area contributed by atoms with Crippen molar-refractivity contribution in [2.24, 2.45) is 0 Å². The van der Waals surface area contributed by atoms with Crippen molar-refractivity contribution in [3.8, 4) is 0 Å². The van der Waals surface area contributed by atoms with Gasteiger partial charge in [-0.25, -0.2) is 0 Å². The molecule has 0 fully saturated rings. The highest BCUT2D eigenvalue weighted by atomic mass is 16.4. The van der Waals surface area contributed by atoms with Crippen LogP contribution in [0.5, 0.6) is 0 Å². The molecule has 21 heavy (non-hydrogen) atoms. The normalized spacial score (nSPS) is 15.2. The standard InChI is InChI=1S/C17H20BNO2/c1-2-15(18(20)21)13-14-19(16-9-5-3-6-10-16)17-11-7-4-8-12-17/h2-3,5-7,9-14,20-21H,4,8H2,1H3/b14-13+,15-2+. The summed E-state index contributed by atoms with van der Waals surface area (Å²) in [4.78, 5) is 2.04. The Morgan fingerprint density at radius 1 is 1.19 bits per heavy atom. The molecule has 0 amide bonds. The van der Waals surface area contributed by atoms with Crippen molar-refractivity contribution in [3.05, 3.63) is 78.1 Å². The minimum Gasteiger partial charge on any atom is -0.423 e. The predicted molar refractivity (Wildman–Crippen MR) is 88.5 cm³/mol. The van der Waals surface area contributed by atoms with Gasteiger partial charge in [-0.05, 0) is 49.5 Å². The Bertz CT molecular complexity index is 574. The first-order chi connectivity index (χ1) is 10.2. The molecule has 0 radical (unpaired) electrons. The molecule has 0 saturated carbocycles. The van der Waals surface area contributed by atoms with E-state index in [4.69, 9.17) is 0 Å². The fourth-order valence-electron chi connectivity index (χ4n) is 2.18. The highest BCUT2D eigenvalue weighted by Gasteiger charge is 2.12. The van der Waals surface area contributed by atoms with Crippen LogP contribution in [0.15, 0.2) is 78.1 Å². The molecule has 0 bridgehead atoms. The molecule has 1 aromatic rings. The minimum absolute atomic E-state index is 0.469. The van der Waals surface area contributed by atoms with Crippen molar-refractivity contribution in [1.29, 1.82) is 0 Å². The van der Waals surface area contributed by atoms with Gasteiger partial charge < -0.3 is 14.9 Å². The molecule has 0 unspecified atom stereocenters. The number of rotatable bonds is 5. The van der Waals surface area contributed by atoms with Crippen LogP contribution in [-0.2, 0) is 0 Å². The van der Waals surface area contributed by atoms with Gasteiger partial charge in [0, 0.05) is 17.6 Å². The first kappa shape index (κ1) is 15.4. The van der Waals surface area contributed by atoms with Crippen LogP contribution in [0, 0.1) is 0 Å². The Hall–Kier alpha value is -2.04. The molecule has 1 aliphatic carbocycles. The van der Waals surface area contributed by atoms with Crippen molar-refractivity contribution in [2.45, 2.75) is 19.8 Å². The number of nitrogens with zero attached hydrogens (tertiary/aromatic N) is 1. The smallest absolute Gasteiger partial charge is 0.423 e. The lowest BCUT2D eigenvalue weighted by Crippen LogP contribution is -2.17. The summed E-state index contributed by atoms with van der Waals surface area (Å²) in [6.45, 7) is 1.78. The maximum absolute atomic E-state index is 9.29. The van der Waals surface area contributed by atoms with Gasteiger partial charge in [0.2, 0.25) is 0 Å². The van der Waals surface area contributed by atoms with E-state index in [0.29, 0.717) is 5.47 Å². The topological polar surface area (TPSA) is 43.7 Å². The molecule has 2 N–H and O–H groups in total. The van der Waals surface area contributed by atoms with E-state index in [0.717, 1.165) is 24.2 Å². The summed E-state index contributed by atoms with van der Waals surface area (Å²) in [5.74, 6) is 0. The maximum Gasteiger partial charge on any atom is 0.488 e. The quantitative estimate of drug-likeness (QED) is 0.643. The molecule has 3 nitrogen and oxygen atoms in total. The summed E-state index contributed by atoms with van der Waals surface area (Å²) in [5, 5.41) is 18.6. The molecular formula is C17H20BNO2. The van der Waals surface area contributed by atoms with Crippen molar-refractivity contribution < 1.29 is 10.0 Å². The van der Waals surface area contributed by atoms with E-state index in [1.54, 1.807) is 19.1 Å². The van der Waals surface area contributed by atoms with E-state index in [1.165, 1.54) is 0 Å². The number of benzene rings is 1. The Labute approximate surface area is 126 Å². The fraction of sp³-hybridized carbons (Fsp3) is 0.176.